The van der Waals surface area contributed by atoms with Crippen molar-refractivity contribution in [1.82, 2.24) is 14.5 Å². The summed E-state index contributed by atoms with van der Waals surface area (Å²) in [4.78, 5) is 18.8. The SMILES string of the molecule is Cn1cc(C(F)(F)F)c2ccc(OC3CCC4(CC3)CN(C(=O)C3CC(C)(O)C3)C4)nc21. The van der Waals surface area contributed by atoms with E-state index in [9.17, 15) is 23.1 Å². The van der Waals surface area contributed by atoms with Gasteiger partial charge in [0.05, 0.1) is 11.2 Å². The molecule has 5 rings (SSSR count). The molecular weight excluding hydrogens is 423 g/mol. The van der Waals surface area contributed by atoms with Gasteiger partial charge in [0.2, 0.25) is 11.8 Å². The average molecular weight is 451 g/mol. The molecule has 2 aromatic rings. The lowest BCUT2D eigenvalue weighted by molar-refractivity contribution is -0.164. The summed E-state index contributed by atoms with van der Waals surface area (Å²) in [6.45, 7) is 3.31. The maximum atomic E-state index is 13.2. The Kier molecular flexibility index (Phi) is 4.78. The molecule has 1 N–H and O–H groups in total. The van der Waals surface area contributed by atoms with Gasteiger partial charge in [-0.15, -0.1) is 0 Å². The number of carbonyl (C=O) groups is 1. The molecule has 1 aliphatic heterocycles. The van der Waals surface area contributed by atoms with Crippen molar-refractivity contribution in [1.29, 1.82) is 0 Å². The summed E-state index contributed by atoms with van der Waals surface area (Å²) in [5.74, 6) is 0.466. The van der Waals surface area contributed by atoms with Crippen LogP contribution in [-0.2, 0) is 18.0 Å². The lowest BCUT2D eigenvalue weighted by Gasteiger charge is -2.55. The summed E-state index contributed by atoms with van der Waals surface area (Å²) in [6, 6.07) is 2.94. The monoisotopic (exact) mass is 451 g/mol. The van der Waals surface area contributed by atoms with Crippen LogP contribution in [0.1, 0.15) is 51.0 Å². The summed E-state index contributed by atoms with van der Waals surface area (Å²) in [6.07, 6.45) is 1.28. The number of ether oxygens (including phenoxy) is 1. The zero-order valence-electron chi connectivity index (χ0n) is 18.3. The van der Waals surface area contributed by atoms with E-state index in [0.717, 1.165) is 45.0 Å². The molecule has 0 atom stereocenters. The number of hydrogen-bond donors (Lipinski definition) is 1. The molecule has 0 radical (unpaired) electrons. The van der Waals surface area contributed by atoms with Gasteiger partial charge in [0.1, 0.15) is 11.8 Å². The van der Waals surface area contributed by atoms with E-state index in [4.69, 9.17) is 4.74 Å². The number of halogens is 3. The van der Waals surface area contributed by atoms with E-state index in [2.05, 4.69) is 4.98 Å². The summed E-state index contributed by atoms with van der Waals surface area (Å²) in [5, 5.41) is 9.94. The van der Waals surface area contributed by atoms with Crippen LogP contribution < -0.4 is 4.74 Å². The van der Waals surface area contributed by atoms with Gasteiger partial charge < -0.3 is 19.3 Å². The fourth-order valence-corrected chi connectivity index (χ4v) is 5.69. The minimum atomic E-state index is -4.42. The molecule has 1 amide bonds. The zero-order chi connectivity index (χ0) is 22.9. The maximum Gasteiger partial charge on any atom is 0.418 e. The molecule has 32 heavy (non-hydrogen) atoms. The highest BCUT2D eigenvalue weighted by Crippen LogP contribution is 2.47. The van der Waals surface area contributed by atoms with Gasteiger partial charge >= 0.3 is 6.18 Å². The number of nitrogens with zero attached hydrogens (tertiary/aromatic N) is 3. The first kappa shape index (κ1) is 21.6. The van der Waals surface area contributed by atoms with Crippen LogP contribution in [0.4, 0.5) is 13.2 Å². The molecule has 2 saturated carbocycles. The van der Waals surface area contributed by atoms with Crippen LogP contribution >= 0.6 is 0 Å². The predicted molar refractivity (Wildman–Crippen MR) is 111 cm³/mol. The minimum absolute atomic E-state index is 0.0283. The van der Waals surface area contributed by atoms with Crippen molar-refractivity contribution in [2.45, 2.75) is 63.3 Å². The lowest BCUT2D eigenvalue weighted by Crippen LogP contribution is -2.63. The van der Waals surface area contributed by atoms with Crippen molar-refractivity contribution in [3.05, 3.63) is 23.9 Å². The third kappa shape index (κ3) is 3.74. The fraction of sp³-hybridized carbons (Fsp3) is 0.652. The van der Waals surface area contributed by atoms with Crippen molar-refractivity contribution >= 4 is 16.9 Å². The van der Waals surface area contributed by atoms with E-state index in [0.29, 0.717) is 18.7 Å². The number of alkyl halides is 3. The van der Waals surface area contributed by atoms with Crippen LogP contribution in [0.5, 0.6) is 5.88 Å². The first-order valence-electron chi connectivity index (χ1n) is 11.2. The van der Waals surface area contributed by atoms with Crippen LogP contribution in [0.15, 0.2) is 18.3 Å². The Morgan fingerprint density at radius 3 is 2.47 bits per heavy atom. The molecule has 0 aromatic carbocycles. The highest BCUT2D eigenvalue weighted by Gasteiger charge is 2.51. The van der Waals surface area contributed by atoms with Gasteiger partial charge in [0.25, 0.3) is 0 Å². The van der Waals surface area contributed by atoms with Gasteiger partial charge in [0, 0.05) is 49.1 Å². The van der Waals surface area contributed by atoms with Gasteiger partial charge in [-0.05, 0) is 51.5 Å². The van der Waals surface area contributed by atoms with Gasteiger partial charge in [-0.25, -0.2) is 0 Å². The second-order valence-electron chi connectivity index (χ2n) is 10.3. The number of fused-ring (bicyclic) bond motifs is 1. The van der Waals surface area contributed by atoms with E-state index in [-0.39, 0.29) is 34.4 Å². The smallest absolute Gasteiger partial charge is 0.418 e. The third-order valence-corrected chi connectivity index (χ3v) is 7.47. The molecule has 6 nitrogen and oxygen atoms in total. The molecule has 2 aliphatic carbocycles. The van der Waals surface area contributed by atoms with E-state index in [1.165, 1.54) is 16.7 Å². The molecule has 0 bridgehead atoms. The lowest BCUT2D eigenvalue weighted by atomic mass is 9.66. The molecule has 3 aliphatic rings. The number of aliphatic hydroxyl groups is 1. The third-order valence-electron chi connectivity index (χ3n) is 7.47. The number of hydrogen-bond acceptors (Lipinski definition) is 4. The molecule has 3 heterocycles. The fourth-order valence-electron chi connectivity index (χ4n) is 5.69. The van der Waals surface area contributed by atoms with Crippen molar-refractivity contribution in [2.24, 2.45) is 18.4 Å². The van der Waals surface area contributed by atoms with Crippen LogP contribution in [0.3, 0.4) is 0 Å². The van der Waals surface area contributed by atoms with E-state index >= 15 is 0 Å². The number of aryl methyl sites for hydroxylation is 1. The zero-order valence-corrected chi connectivity index (χ0v) is 18.3. The standard InChI is InChI=1S/C23H28F3N3O3/c1-21(31)9-14(10-21)20(30)29-12-22(13-29)7-5-15(6-8-22)32-18-4-3-16-17(23(24,25)26)11-28(2)19(16)27-18/h3-4,11,14-15,31H,5-10,12-13H2,1-2H3. The number of carbonyl (C=O) groups excluding carboxylic acids is 1. The Morgan fingerprint density at radius 2 is 1.88 bits per heavy atom. The van der Waals surface area contributed by atoms with Crippen molar-refractivity contribution in [3.8, 4) is 5.88 Å². The first-order chi connectivity index (χ1) is 14.9. The molecule has 0 unspecified atom stereocenters. The van der Waals surface area contributed by atoms with Crippen LogP contribution in [0, 0.1) is 11.3 Å². The van der Waals surface area contributed by atoms with Gasteiger partial charge in [-0.1, -0.05) is 0 Å². The highest BCUT2D eigenvalue weighted by atomic mass is 19.4. The molecule has 2 aromatic heterocycles. The summed E-state index contributed by atoms with van der Waals surface area (Å²) in [5.41, 5.74) is -0.976. The van der Waals surface area contributed by atoms with Crippen molar-refractivity contribution in [3.63, 3.8) is 0 Å². The topological polar surface area (TPSA) is 67.6 Å². The molecule has 1 saturated heterocycles. The Bertz CT molecular complexity index is 1040. The van der Waals surface area contributed by atoms with Gasteiger partial charge in [-0.2, -0.15) is 18.2 Å². The van der Waals surface area contributed by atoms with Crippen LogP contribution in [-0.4, -0.2) is 50.3 Å². The van der Waals surface area contributed by atoms with E-state index < -0.39 is 17.3 Å². The Morgan fingerprint density at radius 1 is 1.22 bits per heavy atom. The van der Waals surface area contributed by atoms with Gasteiger partial charge in [0.15, 0.2) is 0 Å². The number of rotatable bonds is 3. The Hall–Kier alpha value is -2.29. The predicted octanol–water partition coefficient (Wildman–Crippen LogP) is 3.90. The van der Waals surface area contributed by atoms with E-state index in [1.54, 1.807) is 14.0 Å². The summed E-state index contributed by atoms with van der Waals surface area (Å²) in [7, 11) is 1.55. The second kappa shape index (κ2) is 7.10. The average Bonchev–Trinajstić information content (AvgIpc) is 3.01. The number of aromatic nitrogens is 2. The van der Waals surface area contributed by atoms with Gasteiger partial charge in [-0.3, -0.25) is 4.79 Å². The Balaban J connectivity index is 1.16. The molecule has 3 fully saturated rings. The molecule has 1 spiro atoms. The van der Waals surface area contributed by atoms with Crippen molar-refractivity contribution in [2.75, 3.05) is 13.1 Å². The largest absolute Gasteiger partial charge is 0.474 e. The molecule has 174 valence electrons. The molecule has 9 heteroatoms. The van der Waals surface area contributed by atoms with Crippen LogP contribution in [0.2, 0.25) is 0 Å². The second-order valence-corrected chi connectivity index (χ2v) is 10.3. The normalized spacial score (nSPS) is 27.9. The van der Waals surface area contributed by atoms with Crippen molar-refractivity contribution < 1.29 is 27.8 Å². The number of pyridine rings is 1. The quantitative estimate of drug-likeness (QED) is 0.769. The number of likely N-dealkylation sites (tertiary alicyclic amines) is 1. The minimum Gasteiger partial charge on any atom is -0.474 e. The summed E-state index contributed by atoms with van der Waals surface area (Å²) >= 11 is 0. The molecular formula is C23H28F3N3O3. The summed E-state index contributed by atoms with van der Waals surface area (Å²) < 4.78 is 47.0. The van der Waals surface area contributed by atoms with E-state index in [1.807, 2.05) is 4.90 Å². The first-order valence-corrected chi connectivity index (χ1v) is 11.2. The maximum absolute atomic E-state index is 13.2. The van der Waals surface area contributed by atoms with Crippen LogP contribution in [0.25, 0.3) is 11.0 Å². The number of amides is 1. The Labute approximate surface area is 184 Å². The highest BCUT2D eigenvalue weighted by molar-refractivity contribution is 5.82.